The van der Waals surface area contributed by atoms with Crippen molar-refractivity contribution in [1.29, 1.82) is 0 Å². The SMILES string of the molecule is O=C(Nc1ccc(F)c(-c2nnc3n2CCCCC3)c1)c1ccccc1F. The molecule has 0 saturated carbocycles. The average Bonchev–Trinajstić information content (AvgIpc) is 2.91. The largest absolute Gasteiger partial charge is 0.322 e. The number of benzene rings is 2. The maximum Gasteiger partial charge on any atom is 0.258 e. The summed E-state index contributed by atoms with van der Waals surface area (Å²) < 4.78 is 30.2. The molecule has 5 nitrogen and oxygen atoms in total. The smallest absolute Gasteiger partial charge is 0.258 e. The lowest BCUT2D eigenvalue weighted by atomic mass is 10.1. The number of nitrogens with one attached hydrogen (secondary N) is 1. The van der Waals surface area contributed by atoms with Crippen molar-refractivity contribution in [3.05, 3.63) is 65.5 Å². The molecule has 27 heavy (non-hydrogen) atoms. The fourth-order valence-corrected chi connectivity index (χ4v) is 3.30. The molecule has 4 rings (SSSR count). The molecule has 138 valence electrons. The van der Waals surface area contributed by atoms with Gasteiger partial charge in [0.15, 0.2) is 5.82 Å². The summed E-state index contributed by atoms with van der Waals surface area (Å²) in [6.07, 6.45) is 3.95. The minimum absolute atomic E-state index is 0.0697. The summed E-state index contributed by atoms with van der Waals surface area (Å²) in [4.78, 5) is 12.3. The van der Waals surface area contributed by atoms with Crippen LogP contribution in [-0.2, 0) is 13.0 Å². The summed E-state index contributed by atoms with van der Waals surface area (Å²) in [7, 11) is 0. The normalized spacial score (nSPS) is 13.7. The zero-order valence-electron chi connectivity index (χ0n) is 14.6. The maximum absolute atomic E-state index is 14.5. The highest BCUT2D eigenvalue weighted by Crippen LogP contribution is 2.27. The Morgan fingerprint density at radius 3 is 2.70 bits per heavy atom. The molecule has 7 heteroatoms. The van der Waals surface area contributed by atoms with Gasteiger partial charge in [-0.3, -0.25) is 4.79 Å². The zero-order valence-corrected chi connectivity index (χ0v) is 14.6. The summed E-state index contributed by atoms with van der Waals surface area (Å²) >= 11 is 0. The molecule has 0 aliphatic carbocycles. The monoisotopic (exact) mass is 368 g/mol. The summed E-state index contributed by atoms with van der Waals surface area (Å²) in [6.45, 7) is 0.739. The van der Waals surface area contributed by atoms with Crippen LogP contribution in [0.2, 0.25) is 0 Å². The molecule has 1 aromatic heterocycles. The van der Waals surface area contributed by atoms with E-state index >= 15 is 0 Å². The predicted octanol–water partition coefficient (Wildman–Crippen LogP) is 4.20. The van der Waals surface area contributed by atoms with Gasteiger partial charge in [-0.15, -0.1) is 10.2 Å². The van der Waals surface area contributed by atoms with Crippen molar-refractivity contribution in [2.75, 3.05) is 5.32 Å². The molecular weight excluding hydrogens is 350 g/mol. The lowest BCUT2D eigenvalue weighted by molar-refractivity contribution is 0.102. The van der Waals surface area contributed by atoms with E-state index in [2.05, 4.69) is 15.5 Å². The maximum atomic E-state index is 14.5. The lowest BCUT2D eigenvalue weighted by Gasteiger charge is -2.11. The van der Waals surface area contributed by atoms with E-state index in [9.17, 15) is 13.6 Å². The van der Waals surface area contributed by atoms with Crippen LogP contribution in [-0.4, -0.2) is 20.7 Å². The number of rotatable bonds is 3. The topological polar surface area (TPSA) is 59.8 Å². The van der Waals surface area contributed by atoms with E-state index in [0.717, 1.165) is 38.1 Å². The molecule has 1 aliphatic rings. The van der Waals surface area contributed by atoms with E-state index in [-0.39, 0.29) is 11.1 Å². The van der Waals surface area contributed by atoms with Gasteiger partial charge in [-0.05, 0) is 43.2 Å². The van der Waals surface area contributed by atoms with Gasteiger partial charge in [-0.25, -0.2) is 8.78 Å². The Kier molecular flexibility index (Phi) is 4.66. The Balaban J connectivity index is 1.66. The molecule has 2 aromatic carbocycles. The van der Waals surface area contributed by atoms with Crippen molar-refractivity contribution in [2.24, 2.45) is 0 Å². The van der Waals surface area contributed by atoms with Crippen molar-refractivity contribution < 1.29 is 13.6 Å². The summed E-state index contributed by atoms with van der Waals surface area (Å²) in [5.41, 5.74) is 0.562. The van der Waals surface area contributed by atoms with Crippen LogP contribution in [0.5, 0.6) is 0 Å². The van der Waals surface area contributed by atoms with Crippen LogP contribution in [0, 0.1) is 11.6 Å². The van der Waals surface area contributed by atoms with Crippen molar-refractivity contribution in [2.45, 2.75) is 32.2 Å². The van der Waals surface area contributed by atoms with Gasteiger partial charge in [-0.1, -0.05) is 18.6 Å². The number of hydrogen-bond donors (Lipinski definition) is 1. The first-order chi connectivity index (χ1) is 13.1. The summed E-state index contributed by atoms with van der Waals surface area (Å²) in [6, 6.07) is 9.93. The van der Waals surface area contributed by atoms with E-state index < -0.39 is 17.5 Å². The molecule has 1 aliphatic heterocycles. The van der Waals surface area contributed by atoms with Crippen LogP contribution in [0.3, 0.4) is 0 Å². The van der Waals surface area contributed by atoms with E-state index in [0.29, 0.717) is 11.5 Å². The second-order valence-corrected chi connectivity index (χ2v) is 6.53. The van der Waals surface area contributed by atoms with Gasteiger partial charge in [0, 0.05) is 18.7 Å². The number of fused-ring (bicyclic) bond motifs is 1. The first kappa shape index (κ1) is 17.3. The molecular formula is C20H18F2N4O. The Morgan fingerprint density at radius 2 is 1.85 bits per heavy atom. The molecule has 3 aromatic rings. The quantitative estimate of drug-likeness (QED) is 0.754. The second kappa shape index (κ2) is 7.26. The first-order valence-corrected chi connectivity index (χ1v) is 8.91. The minimum Gasteiger partial charge on any atom is -0.322 e. The molecule has 0 unspecified atom stereocenters. The van der Waals surface area contributed by atoms with E-state index in [1.165, 1.54) is 36.4 Å². The highest BCUT2D eigenvalue weighted by molar-refractivity contribution is 6.04. The number of carbonyl (C=O) groups excluding carboxylic acids is 1. The van der Waals surface area contributed by atoms with Crippen LogP contribution in [0.25, 0.3) is 11.4 Å². The van der Waals surface area contributed by atoms with Crippen LogP contribution in [0.4, 0.5) is 14.5 Å². The third kappa shape index (κ3) is 3.45. The van der Waals surface area contributed by atoms with E-state index in [1.807, 2.05) is 4.57 Å². The minimum atomic E-state index is -0.611. The number of aromatic nitrogens is 3. The van der Waals surface area contributed by atoms with Crippen molar-refractivity contribution >= 4 is 11.6 Å². The van der Waals surface area contributed by atoms with Crippen molar-refractivity contribution in [1.82, 2.24) is 14.8 Å². The molecule has 0 saturated heterocycles. The molecule has 0 radical (unpaired) electrons. The Labute approximate surface area is 155 Å². The predicted molar refractivity (Wildman–Crippen MR) is 97.3 cm³/mol. The van der Waals surface area contributed by atoms with Gasteiger partial charge in [-0.2, -0.15) is 0 Å². The average molecular weight is 368 g/mol. The van der Waals surface area contributed by atoms with Crippen LogP contribution >= 0.6 is 0 Å². The Hall–Kier alpha value is -3.09. The lowest BCUT2D eigenvalue weighted by Crippen LogP contribution is -2.14. The van der Waals surface area contributed by atoms with Gasteiger partial charge in [0.25, 0.3) is 5.91 Å². The van der Waals surface area contributed by atoms with Gasteiger partial charge >= 0.3 is 0 Å². The van der Waals surface area contributed by atoms with Crippen LogP contribution in [0.1, 0.15) is 35.4 Å². The molecule has 1 amide bonds. The number of nitrogens with zero attached hydrogens (tertiary/aromatic N) is 3. The number of aryl methyl sites for hydroxylation is 1. The molecule has 0 bridgehead atoms. The van der Waals surface area contributed by atoms with Crippen molar-refractivity contribution in [3.63, 3.8) is 0 Å². The number of carbonyl (C=O) groups is 1. The number of anilines is 1. The van der Waals surface area contributed by atoms with Gasteiger partial charge in [0.2, 0.25) is 0 Å². The highest BCUT2D eigenvalue weighted by Gasteiger charge is 2.19. The number of amides is 1. The third-order valence-electron chi connectivity index (χ3n) is 4.69. The summed E-state index contributed by atoms with van der Waals surface area (Å²) in [5, 5.41) is 11.0. The fourth-order valence-electron chi connectivity index (χ4n) is 3.30. The van der Waals surface area contributed by atoms with Gasteiger partial charge < -0.3 is 9.88 Å². The van der Waals surface area contributed by atoms with Crippen molar-refractivity contribution in [3.8, 4) is 11.4 Å². The van der Waals surface area contributed by atoms with E-state index in [4.69, 9.17) is 0 Å². The molecule has 0 atom stereocenters. The molecule has 1 N–H and O–H groups in total. The third-order valence-corrected chi connectivity index (χ3v) is 4.69. The highest BCUT2D eigenvalue weighted by atomic mass is 19.1. The first-order valence-electron chi connectivity index (χ1n) is 8.91. The zero-order chi connectivity index (χ0) is 18.8. The number of halogens is 2. The molecule has 0 fully saturated rings. The standard InChI is InChI=1S/C20H18F2N4O/c21-16-7-4-3-6-14(16)20(27)23-13-9-10-17(22)15(12-13)19-25-24-18-8-2-1-5-11-26(18)19/h3-4,6-7,9-10,12H,1-2,5,8,11H2,(H,23,27). The summed E-state index contributed by atoms with van der Waals surface area (Å²) in [5.74, 6) is -0.349. The fraction of sp³-hybridized carbons (Fsp3) is 0.250. The molecule has 2 heterocycles. The molecule has 0 spiro atoms. The van der Waals surface area contributed by atoms with Crippen LogP contribution in [0.15, 0.2) is 42.5 Å². The van der Waals surface area contributed by atoms with Gasteiger partial charge in [0.05, 0.1) is 11.1 Å². The van der Waals surface area contributed by atoms with Gasteiger partial charge in [0.1, 0.15) is 17.5 Å². The Morgan fingerprint density at radius 1 is 1.00 bits per heavy atom. The number of hydrogen-bond acceptors (Lipinski definition) is 3. The van der Waals surface area contributed by atoms with Crippen LogP contribution < -0.4 is 5.32 Å². The second-order valence-electron chi connectivity index (χ2n) is 6.53. The van der Waals surface area contributed by atoms with E-state index in [1.54, 1.807) is 6.07 Å². The Bertz CT molecular complexity index is 999.